The van der Waals surface area contributed by atoms with Gasteiger partial charge in [0.1, 0.15) is 11.5 Å². The van der Waals surface area contributed by atoms with E-state index < -0.39 is 0 Å². The minimum absolute atomic E-state index is 1.02. The molecule has 1 N–H and O–H groups in total. The van der Waals surface area contributed by atoms with E-state index in [1.165, 1.54) is 11.5 Å². The molecule has 2 aromatic heterocycles. The Hall–Kier alpha value is -1.51. The Morgan fingerprint density at radius 3 is 3.42 bits per heavy atom. The first-order valence-electron chi connectivity index (χ1n) is 4.15. The summed E-state index contributed by atoms with van der Waals surface area (Å²) in [4.78, 5) is 4.49. The Labute approximate surface area is 70.0 Å². The van der Waals surface area contributed by atoms with Crippen molar-refractivity contribution >= 4 is 11.5 Å². The van der Waals surface area contributed by atoms with Crippen LogP contribution in [0.3, 0.4) is 0 Å². The summed E-state index contributed by atoms with van der Waals surface area (Å²) in [7, 11) is 0. The fourth-order valence-corrected chi connectivity index (χ4v) is 1.71. The van der Waals surface area contributed by atoms with Gasteiger partial charge in [0, 0.05) is 19.2 Å². The molecule has 0 atom stereocenters. The summed E-state index contributed by atoms with van der Waals surface area (Å²) in [6, 6.07) is 6.06. The molecule has 0 saturated heterocycles. The highest BCUT2D eigenvalue weighted by molar-refractivity contribution is 5.57. The van der Waals surface area contributed by atoms with Gasteiger partial charge in [-0.25, -0.2) is 4.98 Å². The highest BCUT2D eigenvalue weighted by atomic mass is 15.2. The van der Waals surface area contributed by atoms with Gasteiger partial charge in [0.15, 0.2) is 0 Å². The van der Waals surface area contributed by atoms with Gasteiger partial charge in [0.25, 0.3) is 0 Å². The van der Waals surface area contributed by atoms with Gasteiger partial charge in [-0.05, 0) is 12.1 Å². The zero-order valence-corrected chi connectivity index (χ0v) is 6.62. The van der Waals surface area contributed by atoms with Crippen LogP contribution in [-0.4, -0.2) is 15.9 Å². The largest absolute Gasteiger partial charge is 0.369 e. The fraction of sp³-hybridized carbons (Fsp3) is 0.222. The van der Waals surface area contributed by atoms with Crippen molar-refractivity contribution in [2.24, 2.45) is 0 Å². The van der Waals surface area contributed by atoms with Gasteiger partial charge >= 0.3 is 0 Å². The van der Waals surface area contributed by atoms with Crippen molar-refractivity contribution in [3.8, 4) is 0 Å². The van der Waals surface area contributed by atoms with Crippen molar-refractivity contribution in [1.29, 1.82) is 0 Å². The number of nitrogens with zero attached hydrogens (tertiary/aromatic N) is 2. The molecule has 3 rings (SSSR count). The third kappa shape index (κ3) is 0.630. The molecule has 0 aromatic carbocycles. The fourth-order valence-electron chi connectivity index (χ4n) is 1.71. The number of imidazole rings is 1. The molecule has 0 unspecified atom stereocenters. The third-order valence-electron chi connectivity index (χ3n) is 2.26. The molecule has 2 aromatic rings. The number of anilines is 1. The predicted molar refractivity (Wildman–Crippen MR) is 47.4 cm³/mol. The van der Waals surface area contributed by atoms with E-state index in [0.29, 0.717) is 0 Å². The number of nitrogens with one attached hydrogen (secondary N) is 1. The zero-order valence-electron chi connectivity index (χ0n) is 6.62. The number of pyridine rings is 1. The average Bonchev–Trinajstić information content (AvgIpc) is 2.62. The van der Waals surface area contributed by atoms with Gasteiger partial charge in [-0.15, -0.1) is 0 Å². The summed E-state index contributed by atoms with van der Waals surface area (Å²) in [6.07, 6.45) is 3.09. The van der Waals surface area contributed by atoms with Gasteiger partial charge in [-0.1, -0.05) is 6.07 Å². The van der Waals surface area contributed by atoms with Crippen LogP contribution < -0.4 is 5.32 Å². The summed E-state index contributed by atoms with van der Waals surface area (Å²) >= 11 is 0. The lowest BCUT2D eigenvalue weighted by atomic mass is 10.4. The van der Waals surface area contributed by atoms with Crippen LogP contribution in [-0.2, 0) is 6.42 Å². The average molecular weight is 159 g/mol. The Bertz CT molecular complexity index is 430. The number of fused-ring (bicyclic) bond motifs is 3. The molecular formula is C9H9N3. The molecule has 0 radical (unpaired) electrons. The van der Waals surface area contributed by atoms with Crippen LogP contribution in [0.5, 0.6) is 0 Å². The minimum Gasteiger partial charge on any atom is -0.369 e. The molecule has 3 nitrogen and oxygen atoms in total. The van der Waals surface area contributed by atoms with Crippen LogP contribution in [0.4, 0.5) is 5.82 Å². The maximum Gasteiger partial charge on any atom is 0.138 e. The van der Waals surface area contributed by atoms with Crippen LogP contribution in [0.2, 0.25) is 0 Å². The van der Waals surface area contributed by atoms with Crippen molar-refractivity contribution in [2.75, 3.05) is 11.9 Å². The second kappa shape index (κ2) is 2.00. The van der Waals surface area contributed by atoms with E-state index in [1.807, 2.05) is 24.4 Å². The molecular weight excluding hydrogens is 150 g/mol. The number of rotatable bonds is 0. The molecule has 0 bridgehead atoms. The van der Waals surface area contributed by atoms with Crippen LogP contribution in [0, 0.1) is 0 Å². The van der Waals surface area contributed by atoms with E-state index in [-0.39, 0.29) is 0 Å². The van der Waals surface area contributed by atoms with Gasteiger partial charge < -0.3 is 5.32 Å². The topological polar surface area (TPSA) is 29.3 Å². The smallest absolute Gasteiger partial charge is 0.138 e. The molecule has 0 spiro atoms. The first-order valence-corrected chi connectivity index (χ1v) is 4.15. The lowest BCUT2D eigenvalue weighted by Crippen LogP contribution is -1.97. The van der Waals surface area contributed by atoms with Crippen LogP contribution in [0.1, 0.15) is 5.69 Å². The van der Waals surface area contributed by atoms with Crippen LogP contribution >= 0.6 is 0 Å². The Morgan fingerprint density at radius 1 is 1.42 bits per heavy atom. The second-order valence-electron chi connectivity index (χ2n) is 3.01. The molecule has 1 aliphatic rings. The Morgan fingerprint density at radius 2 is 2.42 bits per heavy atom. The Kier molecular flexibility index (Phi) is 1.01. The molecule has 1 aliphatic heterocycles. The number of hydrogen-bond acceptors (Lipinski definition) is 2. The predicted octanol–water partition coefficient (Wildman–Crippen LogP) is 1.30. The molecule has 3 heteroatoms. The zero-order chi connectivity index (χ0) is 7.97. The first-order chi connectivity index (χ1) is 5.95. The van der Waals surface area contributed by atoms with Gasteiger partial charge in [-0.3, -0.25) is 4.40 Å². The third-order valence-corrected chi connectivity index (χ3v) is 2.26. The van der Waals surface area contributed by atoms with Gasteiger partial charge in [-0.2, -0.15) is 0 Å². The van der Waals surface area contributed by atoms with Gasteiger partial charge in [0.05, 0.1) is 5.69 Å². The van der Waals surface area contributed by atoms with Crippen LogP contribution in [0.15, 0.2) is 24.4 Å². The summed E-state index contributed by atoms with van der Waals surface area (Å²) < 4.78 is 2.10. The summed E-state index contributed by atoms with van der Waals surface area (Å²) in [5.74, 6) is 1.17. The molecule has 0 aliphatic carbocycles. The van der Waals surface area contributed by atoms with Crippen molar-refractivity contribution in [2.45, 2.75) is 6.42 Å². The molecule has 3 heterocycles. The summed E-state index contributed by atoms with van der Waals surface area (Å²) in [5.41, 5.74) is 2.23. The van der Waals surface area contributed by atoms with E-state index >= 15 is 0 Å². The molecule has 12 heavy (non-hydrogen) atoms. The Balaban J connectivity index is 2.44. The number of aromatic nitrogens is 2. The van der Waals surface area contributed by atoms with Crippen molar-refractivity contribution in [3.63, 3.8) is 0 Å². The van der Waals surface area contributed by atoms with E-state index in [9.17, 15) is 0 Å². The minimum atomic E-state index is 1.02. The maximum absolute atomic E-state index is 4.49. The lowest BCUT2D eigenvalue weighted by Gasteiger charge is -1.97. The lowest BCUT2D eigenvalue weighted by molar-refractivity contribution is 1.04. The normalized spacial score (nSPS) is 14.7. The van der Waals surface area contributed by atoms with E-state index in [1.54, 1.807) is 0 Å². The molecule has 0 amide bonds. The second-order valence-corrected chi connectivity index (χ2v) is 3.01. The highest BCUT2D eigenvalue weighted by Gasteiger charge is 2.15. The molecule has 60 valence electrons. The van der Waals surface area contributed by atoms with Crippen molar-refractivity contribution in [1.82, 2.24) is 9.38 Å². The maximum atomic E-state index is 4.49. The first kappa shape index (κ1) is 6.06. The summed E-state index contributed by atoms with van der Waals surface area (Å²) in [6.45, 7) is 1.02. The number of hydrogen-bond donors (Lipinski definition) is 1. The van der Waals surface area contributed by atoms with Gasteiger partial charge in [0.2, 0.25) is 0 Å². The standard InChI is InChI=1S/C9H9N3/c1-2-6-12-8(3-1)11-7-4-5-10-9(7)12/h1-3,6,10H,4-5H2. The van der Waals surface area contributed by atoms with E-state index in [2.05, 4.69) is 14.7 Å². The monoisotopic (exact) mass is 159 g/mol. The van der Waals surface area contributed by atoms with E-state index in [0.717, 1.165) is 18.6 Å². The SMILES string of the molecule is c1ccn2c3c(nc2c1)CCN3. The summed E-state index contributed by atoms with van der Waals surface area (Å²) in [5, 5.41) is 3.32. The van der Waals surface area contributed by atoms with E-state index in [4.69, 9.17) is 0 Å². The van der Waals surface area contributed by atoms with Crippen LogP contribution in [0.25, 0.3) is 5.65 Å². The van der Waals surface area contributed by atoms with Crippen molar-refractivity contribution < 1.29 is 0 Å². The van der Waals surface area contributed by atoms with Crippen molar-refractivity contribution in [3.05, 3.63) is 30.1 Å². The molecule has 0 fully saturated rings. The quantitative estimate of drug-likeness (QED) is 0.627. The highest BCUT2D eigenvalue weighted by Crippen LogP contribution is 2.22. The molecule has 0 saturated carbocycles.